The summed E-state index contributed by atoms with van der Waals surface area (Å²) < 4.78 is 29.7. The second kappa shape index (κ2) is 3.49. The molecule has 64 valence electrons. The topological polar surface area (TPSA) is 83.5 Å². The number of carbonyl (C=O) groups is 1. The first-order valence-corrected chi connectivity index (χ1v) is 4.23. The van der Waals surface area contributed by atoms with Crippen molar-refractivity contribution in [2.45, 2.75) is 13.8 Å². The van der Waals surface area contributed by atoms with Gasteiger partial charge in [0.15, 0.2) is 0 Å². The number of hydrogen-bond acceptors (Lipinski definition) is 3. The summed E-state index contributed by atoms with van der Waals surface area (Å²) in [5.41, 5.74) is 0.225. The lowest BCUT2D eigenvalue weighted by atomic mass is 10.3. The van der Waals surface area contributed by atoms with Gasteiger partial charge in [0.25, 0.3) is 5.91 Å². The molecule has 0 atom stereocenters. The van der Waals surface area contributed by atoms with Gasteiger partial charge in [-0.25, -0.2) is 4.72 Å². The molecule has 0 saturated carbocycles. The number of rotatable bonds is 2. The minimum Gasteiger partial charge on any atom is -0.269 e. The molecule has 0 unspecified atom stereocenters. The predicted octanol–water partition coefficient (Wildman–Crippen LogP) is -0.128. The van der Waals surface area contributed by atoms with Gasteiger partial charge in [-0.15, -0.1) is 0 Å². The molecule has 0 aliphatic rings. The Hall–Kier alpha value is -0.880. The molecule has 0 bridgehead atoms. The van der Waals surface area contributed by atoms with Gasteiger partial charge in [-0.05, 0) is 13.8 Å². The molecule has 6 heteroatoms. The SMILES string of the molecule is CC=C(C)C(=O)NS(=O)(=O)O. The Bertz CT molecular complexity index is 277. The van der Waals surface area contributed by atoms with Crippen LogP contribution in [0.1, 0.15) is 13.8 Å². The molecule has 0 heterocycles. The average molecular weight is 179 g/mol. The van der Waals surface area contributed by atoms with Crippen molar-refractivity contribution in [3.8, 4) is 0 Å². The fraction of sp³-hybridized carbons (Fsp3) is 0.400. The van der Waals surface area contributed by atoms with Crippen molar-refractivity contribution >= 4 is 16.2 Å². The maximum atomic E-state index is 10.7. The van der Waals surface area contributed by atoms with Gasteiger partial charge in [-0.3, -0.25) is 9.35 Å². The fourth-order valence-corrected chi connectivity index (χ4v) is 0.724. The molecule has 11 heavy (non-hydrogen) atoms. The van der Waals surface area contributed by atoms with E-state index < -0.39 is 16.2 Å². The lowest BCUT2D eigenvalue weighted by Crippen LogP contribution is -2.30. The highest BCUT2D eigenvalue weighted by Crippen LogP contribution is 1.91. The third-order valence-corrected chi connectivity index (χ3v) is 1.46. The Morgan fingerprint density at radius 2 is 2.00 bits per heavy atom. The van der Waals surface area contributed by atoms with Crippen LogP contribution in [0, 0.1) is 0 Å². The summed E-state index contributed by atoms with van der Waals surface area (Å²) in [6.45, 7) is 3.01. The van der Waals surface area contributed by atoms with E-state index in [4.69, 9.17) is 4.55 Å². The van der Waals surface area contributed by atoms with Gasteiger partial charge >= 0.3 is 10.3 Å². The van der Waals surface area contributed by atoms with Gasteiger partial charge in [0.05, 0.1) is 0 Å². The first-order chi connectivity index (χ1) is 4.87. The van der Waals surface area contributed by atoms with E-state index in [1.165, 1.54) is 17.7 Å². The number of carbonyl (C=O) groups excluding carboxylic acids is 1. The van der Waals surface area contributed by atoms with Crippen LogP contribution in [-0.4, -0.2) is 18.9 Å². The van der Waals surface area contributed by atoms with E-state index >= 15 is 0 Å². The normalized spacial score (nSPS) is 12.8. The largest absolute Gasteiger partial charge is 0.359 e. The maximum Gasteiger partial charge on any atom is 0.359 e. The predicted molar refractivity (Wildman–Crippen MR) is 39.1 cm³/mol. The third-order valence-electron chi connectivity index (χ3n) is 1.01. The van der Waals surface area contributed by atoms with Gasteiger partial charge in [0, 0.05) is 5.57 Å². The van der Waals surface area contributed by atoms with Gasteiger partial charge in [0.2, 0.25) is 0 Å². The van der Waals surface area contributed by atoms with Crippen molar-refractivity contribution in [1.29, 1.82) is 0 Å². The van der Waals surface area contributed by atoms with E-state index in [1.54, 1.807) is 6.92 Å². The van der Waals surface area contributed by atoms with E-state index in [-0.39, 0.29) is 5.57 Å². The van der Waals surface area contributed by atoms with Crippen molar-refractivity contribution < 1.29 is 17.8 Å². The van der Waals surface area contributed by atoms with Gasteiger partial charge < -0.3 is 0 Å². The Morgan fingerprint density at radius 1 is 1.55 bits per heavy atom. The molecule has 0 aromatic carbocycles. The summed E-state index contributed by atoms with van der Waals surface area (Å²) in [7, 11) is -4.42. The standard InChI is InChI=1S/C5H9NO4S/c1-3-4(2)5(7)6-11(8,9)10/h3H,1-2H3,(H,6,7)(H,8,9,10). The molecule has 0 aromatic heterocycles. The molecule has 0 aliphatic heterocycles. The minimum absolute atomic E-state index is 0.225. The summed E-state index contributed by atoms with van der Waals surface area (Å²) in [5.74, 6) is -0.824. The average Bonchev–Trinajstić information content (AvgIpc) is 1.82. The number of allylic oxidation sites excluding steroid dienone is 1. The molecule has 2 N–H and O–H groups in total. The van der Waals surface area contributed by atoms with Crippen LogP contribution in [0.15, 0.2) is 11.6 Å². The van der Waals surface area contributed by atoms with E-state index in [0.29, 0.717) is 0 Å². The van der Waals surface area contributed by atoms with Crippen LogP contribution in [-0.2, 0) is 15.1 Å². The molecule has 0 saturated heterocycles. The molecular weight excluding hydrogens is 170 g/mol. The zero-order chi connectivity index (χ0) is 9.07. The molecule has 0 spiro atoms. The Kier molecular flexibility index (Phi) is 3.21. The van der Waals surface area contributed by atoms with Crippen molar-refractivity contribution in [2.75, 3.05) is 0 Å². The van der Waals surface area contributed by atoms with E-state index in [2.05, 4.69) is 0 Å². The molecule has 0 aromatic rings. The van der Waals surface area contributed by atoms with Crippen LogP contribution in [0.2, 0.25) is 0 Å². The van der Waals surface area contributed by atoms with Gasteiger partial charge in [0.1, 0.15) is 0 Å². The Labute approximate surface area is 65.0 Å². The molecule has 5 nitrogen and oxygen atoms in total. The lowest BCUT2D eigenvalue weighted by molar-refractivity contribution is -0.115. The van der Waals surface area contributed by atoms with Crippen LogP contribution >= 0.6 is 0 Å². The molecule has 0 aliphatic carbocycles. The highest BCUT2D eigenvalue weighted by Gasteiger charge is 2.10. The van der Waals surface area contributed by atoms with E-state index in [1.807, 2.05) is 0 Å². The Morgan fingerprint density at radius 3 is 2.27 bits per heavy atom. The number of nitrogens with one attached hydrogen (secondary N) is 1. The number of hydrogen-bond donors (Lipinski definition) is 2. The molecule has 1 amide bonds. The summed E-state index contributed by atoms with van der Waals surface area (Å²) >= 11 is 0. The third kappa shape index (κ3) is 4.51. The van der Waals surface area contributed by atoms with E-state index in [0.717, 1.165) is 0 Å². The second-order valence-corrected chi connectivity index (χ2v) is 3.03. The summed E-state index contributed by atoms with van der Waals surface area (Å²) in [4.78, 5) is 10.7. The highest BCUT2D eigenvalue weighted by atomic mass is 32.2. The first-order valence-electron chi connectivity index (χ1n) is 2.79. The molecular formula is C5H9NO4S. The minimum atomic E-state index is -4.42. The van der Waals surface area contributed by atoms with Crippen molar-refractivity contribution in [2.24, 2.45) is 0 Å². The Balaban J connectivity index is 4.34. The zero-order valence-electron chi connectivity index (χ0n) is 6.16. The summed E-state index contributed by atoms with van der Waals surface area (Å²) in [6.07, 6.45) is 1.43. The highest BCUT2D eigenvalue weighted by molar-refractivity contribution is 7.84. The van der Waals surface area contributed by atoms with Crippen molar-refractivity contribution in [3.63, 3.8) is 0 Å². The van der Waals surface area contributed by atoms with Crippen LogP contribution in [0.5, 0.6) is 0 Å². The summed E-state index contributed by atoms with van der Waals surface area (Å²) in [5, 5.41) is 0. The quantitative estimate of drug-likeness (QED) is 0.457. The van der Waals surface area contributed by atoms with Crippen molar-refractivity contribution in [1.82, 2.24) is 4.72 Å². The lowest BCUT2D eigenvalue weighted by Gasteiger charge is -1.99. The van der Waals surface area contributed by atoms with Crippen LogP contribution in [0.25, 0.3) is 0 Å². The van der Waals surface area contributed by atoms with Crippen LogP contribution in [0.3, 0.4) is 0 Å². The fourth-order valence-electron chi connectivity index (χ4n) is 0.329. The molecule has 0 fully saturated rings. The summed E-state index contributed by atoms with van der Waals surface area (Å²) in [6, 6.07) is 0. The maximum absolute atomic E-state index is 10.7. The zero-order valence-corrected chi connectivity index (χ0v) is 6.97. The molecule has 0 rings (SSSR count). The van der Waals surface area contributed by atoms with E-state index in [9.17, 15) is 13.2 Å². The van der Waals surface area contributed by atoms with Crippen LogP contribution < -0.4 is 4.72 Å². The second-order valence-electron chi connectivity index (χ2n) is 1.88. The van der Waals surface area contributed by atoms with Gasteiger partial charge in [-0.1, -0.05) is 6.08 Å². The van der Waals surface area contributed by atoms with Crippen LogP contribution in [0.4, 0.5) is 0 Å². The monoisotopic (exact) mass is 179 g/mol. The molecule has 0 radical (unpaired) electrons. The first kappa shape index (κ1) is 10.1. The smallest absolute Gasteiger partial charge is 0.269 e. The van der Waals surface area contributed by atoms with Gasteiger partial charge in [-0.2, -0.15) is 8.42 Å². The number of amides is 1. The van der Waals surface area contributed by atoms with Crippen molar-refractivity contribution in [3.05, 3.63) is 11.6 Å².